The van der Waals surface area contributed by atoms with Crippen LogP contribution in [0, 0.1) is 5.92 Å². The van der Waals surface area contributed by atoms with E-state index in [1.54, 1.807) is 0 Å². The fourth-order valence-electron chi connectivity index (χ4n) is 1.78. The van der Waals surface area contributed by atoms with Crippen LogP contribution in [0.5, 0.6) is 0 Å². The van der Waals surface area contributed by atoms with E-state index in [2.05, 4.69) is 11.1 Å². The summed E-state index contributed by atoms with van der Waals surface area (Å²) in [6.07, 6.45) is 4.60. The van der Waals surface area contributed by atoms with Gasteiger partial charge in [-0.05, 0) is 30.9 Å². The van der Waals surface area contributed by atoms with Crippen molar-refractivity contribution in [2.24, 2.45) is 11.7 Å². The molecule has 1 aromatic rings. The molecule has 64 valence electrons. The zero-order chi connectivity index (χ0) is 8.55. The molecule has 3 nitrogen and oxygen atoms in total. The molecular formula is C9H12N2O. The van der Waals surface area contributed by atoms with Crippen molar-refractivity contribution in [3.63, 3.8) is 0 Å². The van der Waals surface area contributed by atoms with Gasteiger partial charge in [-0.2, -0.15) is 0 Å². The average molecular weight is 164 g/mol. The Morgan fingerprint density at radius 3 is 3.25 bits per heavy atom. The number of nitrogens with one attached hydrogen (secondary N) is 1. The van der Waals surface area contributed by atoms with E-state index in [1.807, 2.05) is 6.20 Å². The number of aromatic nitrogens is 1. The number of carbonyl (C=O) groups is 1. The van der Waals surface area contributed by atoms with Crippen molar-refractivity contribution in [1.29, 1.82) is 0 Å². The lowest BCUT2D eigenvalue weighted by Crippen LogP contribution is -2.28. The maximum Gasteiger partial charge on any atom is 0.220 e. The Bertz CT molecular complexity index is 303. The standard InChI is InChI=1S/C9H12N2O/c10-9(12)7-2-1-6-3-4-11-8(6)5-7/h3-4,7,11H,1-2,5H2,(H2,10,12). The molecule has 0 radical (unpaired) electrons. The van der Waals surface area contributed by atoms with Gasteiger partial charge < -0.3 is 10.7 Å². The SMILES string of the molecule is NC(=O)C1CCc2cc[nH]c2C1. The number of carbonyl (C=O) groups excluding carboxylic acids is 1. The summed E-state index contributed by atoms with van der Waals surface area (Å²) in [6, 6.07) is 2.08. The molecule has 12 heavy (non-hydrogen) atoms. The second-order valence-corrected chi connectivity index (χ2v) is 3.32. The Hall–Kier alpha value is -1.25. The van der Waals surface area contributed by atoms with Gasteiger partial charge >= 0.3 is 0 Å². The summed E-state index contributed by atoms with van der Waals surface area (Å²) in [5.41, 5.74) is 7.77. The molecule has 0 saturated heterocycles. The number of H-pyrrole nitrogens is 1. The van der Waals surface area contributed by atoms with Crippen molar-refractivity contribution in [2.45, 2.75) is 19.3 Å². The van der Waals surface area contributed by atoms with E-state index in [0.29, 0.717) is 0 Å². The minimum atomic E-state index is -0.171. The number of primary amides is 1. The Kier molecular flexibility index (Phi) is 1.64. The summed E-state index contributed by atoms with van der Waals surface area (Å²) < 4.78 is 0. The lowest BCUT2D eigenvalue weighted by Gasteiger charge is -2.18. The van der Waals surface area contributed by atoms with E-state index in [-0.39, 0.29) is 11.8 Å². The number of aryl methyl sites for hydroxylation is 1. The van der Waals surface area contributed by atoms with Crippen LogP contribution in [0.2, 0.25) is 0 Å². The van der Waals surface area contributed by atoms with Crippen LogP contribution in [0.3, 0.4) is 0 Å². The van der Waals surface area contributed by atoms with Gasteiger partial charge in [0.1, 0.15) is 0 Å². The Balaban J connectivity index is 2.20. The molecule has 1 amide bonds. The molecule has 1 aliphatic rings. The highest BCUT2D eigenvalue weighted by Gasteiger charge is 2.22. The molecule has 0 fully saturated rings. The van der Waals surface area contributed by atoms with Crippen LogP contribution in [-0.4, -0.2) is 10.9 Å². The summed E-state index contributed by atoms with van der Waals surface area (Å²) in [7, 11) is 0. The molecular weight excluding hydrogens is 152 g/mol. The highest BCUT2D eigenvalue weighted by atomic mass is 16.1. The summed E-state index contributed by atoms with van der Waals surface area (Å²) in [5, 5.41) is 0. The van der Waals surface area contributed by atoms with Gasteiger partial charge in [-0.15, -0.1) is 0 Å². The zero-order valence-electron chi connectivity index (χ0n) is 6.84. The Labute approximate surface area is 71.0 Å². The first-order chi connectivity index (χ1) is 5.77. The first-order valence-corrected chi connectivity index (χ1v) is 4.22. The minimum Gasteiger partial charge on any atom is -0.369 e. The van der Waals surface area contributed by atoms with Crippen LogP contribution in [0.25, 0.3) is 0 Å². The lowest BCUT2D eigenvalue weighted by molar-refractivity contribution is -0.122. The molecule has 2 rings (SSSR count). The molecule has 3 heteroatoms. The van der Waals surface area contributed by atoms with E-state index in [0.717, 1.165) is 19.3 Å². The number of fused-ring (bicyclic) bond motifs is 1. The first-order valence-electron chi connectivity index (χ1n) is 4.22. The monoisotopic (exact) mass is 164 g/mol. The number of nitrogens with two attached hydrogens (primary N) is 1. The molecule has 0 aliphatic heterocycles. The molecule has 1 atom stereocenters. The van der Waals surface area contributed by atoms with E-state index < -0.39 is 0 Å². The second kappa shape index (κ2) is 2.66. The van der Waals surface area contributed by atoms with Crippen LogP contribution in [-0.2, 0) is 17.6 Å². The van der Waals surface area contributed by atoms with Crippen LogP contribution < -0.4 is 5.73 Å². The zero-order valence-corrected chi connectivity index (χ0v) is 6.84. The summed E-state index contributed by atoms with van der Waals surface area (Å²) in [5.74, 6) is -0.133. The van der Waals surface area contributed by atoms with E-state index in [1.165, 1.54) is 11.3 Å². The fraction of sp³-hybridized carbons (Fsp3) is 0.444. The number of hydrogen-bond acceptors (Lipinski definition) is 1. The van der Waals surface area contributed by atoms with Crippen molar-refractivity contribution in [2.75, 3.05) is 0 Å². The maximum absolute atomic E-state index is 10.9. The molecule has 0 bridgehead atoms. The van der Waals surface area contributed by atoms with Gasteiger partial charge in [0.2, 0.25) is 5.91 Å². The fourth-order valence-corrected chi connectivity index (χ4v) is 1.78. The van der Waals surface area contributed by atoms with Crippen molar-refractivity contribution >= 4 is 5.91 Å². The van der Waals surface area contributed by atoms with Gasteiger partial charge in [0, 0.05) is 17.8 Å². The van der Waals surface area contributed by atoms with Gasteiger partial charge in [-0.1, -0.05) is 0 Å². The highest BCUT2D eigenvalue weighted by Crippen LogP contribution is 2.23. The van der Waals surface area contributed by atoms with Gasteiger partial charge in [0.15, 0.2) is 0 Å². The highest BCUT2D eigenvalue weighted by molar-refractivity contribution is 5.77. The minimum absolute atomic E-state index is 0.0381. The number of hydrogen-bond donors (Lipinski definition) is 2. The largest absolute Gasteiger partial charge is 0.369 e. The van der Waals surface area contributed by atoms with Crippen molar-refractivity contribution in [3.05, 3.63) is 23.5 Å². The summed E-state index contributed by atoms with van der Waals surface area (Å²) in [6.45, 7) is 0. The first kappa shape index (κ1) is 7.40. The number of amides is 1. The van der Waals surface area contributed by atoms with Crippen LogP contribution in [0.15, 0.2) is 12.3 Å². The number of rotatable bonds is 1. The van der Waals surface area contributed by atoms with E-state index >= 15 is 0 Å². The summed E-state index contributed by atoms with van der Waals surface area (Å²) >= 11 is 0. The normalized spacial score (nSPS) is 21.8. The predicted molar refractivity (Wildman–Crippen MR) is 45.5 cm³/mol. The smallest absolute Gasteiger partial charge is 0.220 e. The van der Waals surface area contributed by atoms with Crippen molar-refractivity contribution in [3.8, 4) is 0 Å². The maximum atomic E-state index is 10.9. The summed E-state index contributed by atoms with van der Waals surface area (Å²) in [4.78, 5) is 14.0. The predicted octanol–water partition coefficient (Wildman–Crippen LogP) is 0.605. The van der Waals surface area contributed by atoms with E-state index in [4.69, 9.17) is 5.73 Å². The second-order valence-electron chi connectivity index (χ2n) is 3.32. The van der Waals surface area contributed by atoms with E-state index in [9.17, 15) is 4.79 Å². The average Bonchev–Trinajstić information content (AvgIpc) is 2.49. The topological polar surface area (TPSA) is 58.9 Å². The van der Waals surface area contributed by atoms with Crippen molar-refractivity contribution in [1.82, 2.24) is 4.98 Å². The van der Waals surface area contributed by atoms with Crippen LogP contribution in [0.1, 0.15) is 17.7 Å². The molecule has 1 heterocycles. The molecule has 1 unspecified atom stereocenters. The third kappa shape index (κ3) is 1.11. The third-order valence-corrected chi connectivity index (χ3v) is 2.54. The van der Waals surface area contributed by atoms with Gasteiger partial charge in [0.25, 0.3) is 0 Å². The van der Waals surface area contributed by atoms with Gasteiger partial charge in [-0.25, -0.2) is 0 Å². The quantitative estimate of drug-likeness (QED) is 0.627. The van der Waals surface area contributed by atoms with Gasteiger partial charge in [-0.3, -0.25) is 4.79 Å². The molecule has 1 aliphatic carbocycles. The van der Waals surface area contributed by atoms with Crippen molar-refractivity contribution < 1.29 is 4.79 Å². The third-order valence-electron chi connectivity index (χ3n) is 2.54. The Morgan fingerprint density at radius 2 is 2.50 bits per heavy atom. The molecule has 3 N–H and O–H groups in total. The lowest BCUT2D eigenvalue weighted by atomic mass is 9.88. The number of aromatic amines is 1. The van der Waals surface area contributed by atoms with Crippen LogP contribution in [0.4, 0.5) is 0 Å². The molecule has 1 aromatic heterocycles. The Morgan fingerprint density at radius 1 is 1.67 bits per heavy atom. The molecule has 0 saturated carbocycles. The van der Waals surface area contributed by atoms with Gasteiger partial charge in [0.05, 0.1) is 0 Å². The van der Waals surface area contributed by atoms with Crippen LogP contribution >= 0.6 is 0 Å². The molecule has 0 aromatic carbocycles. The molecule has 0 spiro atoms.